The number of carbonyl (C=O) groups excluding carboxylic acids is 1. The number of nitrogens with zero attached hydrogens (tertiary/aromatic N) is 1. The molecule has 0 fully saturated rings. The molecular weight excluding hydrogens is 274 g/mol. The van der Waals surface area contributed by atoms with Crippen molar-refractivity contribution in [1.82, 2.24) is 9.97 Å². The molecule has 6 heteroatoms. The number of methoxy groups -OCH3 is 1. The second-order valence-corrected chi connectivity index (χ2v) is 4.20. The van der Waals surface area contributed by atoms with E-state index < -0.39 is 0 Å². The van der Waals surface area contributed by atoms with Crippen LogP contribution in [-0.4, -0.2) is 23.0 Å². The van der Waals surface area contributed by atoms with Crippen molar-refractivity contribution >= 4 is 38.9 Å². The number of ether oxygens (including phenoxy) is 1. The molecule has 5 nitrogen and oxygen atoms in total. The number of halogens is 1. The summed E-state index contributed by atoms with van der Waals surface area (Å²) in [4.78, 5) is 18.2. The molecule has 0 aliphatic carbocycles. The number of fused-ring (bicyclic) bond motifs is 1. The minimum Gasteiger partial charge on any atom is -0.469 e. The van der Waals surface area contributed by atoms with Crippen molar-refractivity contribution in [3.8, 4) is 0 Å². The maximum Gasteiger partial charge on any atom is 0.309 e. The van der Waals surface area contributed by atoms with E-state index in [1.165, 1.54) is 7.11 Å². The highest BCUT2D eigenvalue weighted by Crippen LogP contribution is 2.25. The Bertz CT molecular complexity index is 550. The van der Waals surface area contributed by atoms with Crippen LogP contribution >= 0.6 is 15.9 Å². The quantitative estimate of drug-likeness (QED) is 0.821. The van der Waals surface area contributed by atoms with Crippen molar-refractivity contribution in [2.75, 3.05) is 12.8 Å². The van der Waals surface area contributed by atoms with E-state index in [2.05, 4.69) is 30.6 Å². The maximum absolute atomic E-state index is 11.1. The van der Waals surface area contributed by atoms with E-state index in [1.807, 2.05) is 12.1 Å². The number of nitrogen functional groups attached to an aromatic ring is 1. The lowest BCUT2D eigenvalue weighted by Gasteiger charge is -2.01. The third-order valence-corrected chi connectivity index (χ3v) is 2.80. The fourth-order valence-corrected chi connectivity index (χ4v) is 2.09. The summed E-state index contributed by atoms with van der Waals surface area (Å²) in [5.74, 6) is 0.0738. The van der Waals surface area contributed by atoms with Crippen LogP contribution in [0.25, 0.3) is 11.0 Å². The number of imidazole rings is 1. The van der Waals surface area contributed by atoms with Gasteiger partial charge in [0, 0.05) is 4.47 Å². The van der Waals surface area contributed by atoms with E-state index in [9.17, 15) is 4.79 Å². The van der Waals surface area contributed by atoms with Gasteiger partial charge in [0.25, 0.3) is 0 Å². The van der Waals surface area contributed by atoms with Crippen LogP contribution in [0.1, 0.15) is 5.56 Å². The van der Waals surface area contributed by atoms with E-state index in [4.69, 9.17) is 5.73 Å². The number of nitrogens with one attached hydrogen (secondary N) is 1. The Labute approximate surface area is 100 Å². The number of anilines is 1. The first-order chi connectivity index (χ1) is 7.60. The molecule has 3 N–H and O–H groups in total. The molecule has 84 valence electrons. The molecule has 0 amide bonds. The third-order valence-electron chi connectivity index (χ3n) is 2.19. The normalized spacial score (nSPS) is 10.6. The number of benzene rings is 1. The number of hydrogen-bond donors (Lipinski definition) is 2. The van der Waals surface area contributed by atoms with Gasteiger partial charge in [0.2, 0.25) is 0 Å². The summed E-state index contributed by atoms with van der Waals surface area (Å²) >= 11 is 3.38. The molecule has 0 bridgehead atoms. The van der Waals surface area contributed by atoms with E-state index in [0.29, 0.717) is 5.95 Å². The Kier molecular flexibility index (Phi) is 2.82. The molecule has 1 heterocycles. The number of aromatic amines is 1. The number of rotatable bonds is 2. The predicted molar refractivity (Wildman–Crippen MR) is 63.9 cm³/mol. The molecule has 0 atom stereocenters. The van der Waals surface area contributed by atoms with Gasteiger partial charge in [-0.15, -0.1) is 0 Å². The molecule has 1 aromatic carbocycles. The first-order valence-electron chi connectivity index (χ1n) is 4.60. The lowest BCUT2D eigenvalue weighted by atomic mass is 10.1. The highest BCUT2D eigenvalue weighted by Gasteiger charge is 2.09. The Morgan fingerprint density at radius 3 is 3.06 bits per heavy atom. The van der Waals surface area contributed by atoms with Crippen molar-refractivity contribution in [3.63, 3.8) is 0 Å². The molecule has 2 rings (SSSR count). The van der Waals surface area contributed by atoms with Crippen LogP contribution in [0, 0.1) is 0 Å². The lowest BCUT2D eigenvalue weighted by Crippen LogP contribution is -2.04. The minimum absolute atomic E-state index is 0.226. The molecule has 2 aromatic rings. The summed E-state index contributed by atoms with van der Waals surface area (Å²) in [6.45, 7) is 0. The monoisotopic (exact) mass is 283 g/mol. The molecule has 0 radical (unpaired) electrons. The van der Waals surface area contributed by atoms with Crippen molar-refractivity contribution in [1.29, 1.82) is 0 Å². The molecule has 0 aliphatic rings. The van der Waals surface area contributed by atoms with Gasteiger partial charge < -0.3 is 15.5 Å². The smallest absolute Gasteiger partial charge is 0.309 e. The topological polar surface area (TPSA) is 81.0 Å². The molecule has 0 unspecified atom stereocenters. The largest absolute Gasteiger partial charge is 0.469 e. The average Bonchev–Trinajstić information content (AvgIpc) is 2.59. The van der Waals surface area contributed by atoms with Gasteiger partial charge in [0.15, 0.2) is 5.95 Å². The lowest BCUT2D eigenvalue weighted by molar-refractivity contribution is -0.139. The second kappa shape index (κ2) is 4.13. The molecule has 0 saturated carbocycles. The molecule has 1 aromatic heterocycles. The molecule has 0 saturated heterocycles. The molecule has 16 heavy (non-hydrogen) atoms. The van der Waals surface area contributed by atoms with Gasteiger partial charge in [-0.05, 0) is 33.6 Å². The number of carbonyl (C=O) groups is 1. The van der Waals surface area contributed by atoms with Crippen molar-refractivity contribution < 1.29 is 9.53 Å². The van der Waals surface area contributed by atoms with Crippen LogP contribution < -0.4 is 5.73 Å². The van der Waals surface area contributed by atoms with Gasteiger partial charge in [-0.1, -0.05) is 0 Å². The standard InChI is InChI=1S/C10H10BrN3O2/c1-16-8(15)4-5-2-6(11)9-7(3-5)13-10(12)14-9/h2-3H,4H2,1H3,(H3,12,13,14). The Hall–Kier alpha value is -1.56. The van der Waals surface area contributed by atoms with Gasteiger partial charge in [-0.25, -0.2) is 4.98 Å². The zero-order valence-corrected chi connectivity index (χ0v) is 10.2. The van der Waals surface area contributed by atoms with Crippen molar-refractivity contribution in [2.45, 2.75) is 6.42 Å². The van der Waals surface area contributed by atoms with E-state index in [0.717, 1.165) is 21.1 Å². The van der Waals surface area contributed by atoms with Gasteiger partial charge in [0.05, 0.1) is 19.0 Å². The third kappa shape index (κ3) is 2.01. The van der Waals surface area contributed by atoms with Crippen LogP contribution in [0.5, 0.6) is 0 Å². The summed E-state index contributed by atoms with van der Waals surface area (Å²) in [5.41, 5.74) is 7.95. The van der Waals surface area contributed by atoms with Gasteiger partial charge in [-0.3, -0.25) is 4.79 Å². The van der Waals surface area contributed by atoms with Crippen LogP contribution in [0.3, 0.4) is 0 Å². The zero-order chi connectivity index (χ0) is 11.7. The van der Waals surface area contributed by atoms with Gasteiger partial charge in [-0.2, -0.15) is 0 Å². The summed E-state index contributed by atoms with van der Waals surface area (Å²) in [6, 6.07) is 3.67. The number of aromatic nitrogens is 2. The van der Waals surface area contributed by atoms with E-state index >= 15 is 0 Å². The minimum atomic E-state index is -0.279. The fourth-order valence-electron chi connectivity index (χ4n) is 1.49. The zero-order valence-electron chi connectivity index (χ0n) is 8.58. The highest BCUT2D eigenvalue weighted by molar-refractivity contribution is 9.10. The number of H-pyrrole nitrogens is 1. The summed E-state index contributed by atoms with van der Waals surface area (Å²) < 4.78 is 5.41. The van der Waals surface area contributed by atoms with Crippen LogP contribution in [0.15, 0.2) is 16.6 Å². The Morgan fingerprint density at radius 1 is 1.62 bits per heavy atom. The van der Waals surface area contributed by atoms with E-state index in [1.54, 1.807) is 0 Å². The van der Waals surface area contributed by atoms with Gasteiger partial charge in [0.1, 0.15) is 5.52 Å². The number of esters is 1. The van der Waals surface area contributed by atoms with Crippen molar-refractivity contribution in [2.24, 2.45) is 0 Å². The summed E-state index contributed by atoms with van der Waals surface area (Å²) in [5, 5.41) is 0. The van der Waals surface area contributed by atoms with E-state index in [-0.39, 0.29) is 12.4 Å². The first kappa shape index (κ1) is 10.9. The predicted octanol–water partition coefficient (Wildman–Crippen LogP) is 1.62. The van der Waals surface area contributed by atoms with Crippen LogP contribution in [0.4, 0.5) is 5.95 Å². The maximum atomic E-state index is 11.1. The van der Waals surface area contributed by atoms with Crippen LogP contribution in [0.2, 0.25) is 0 Å². The second-order valence-electron chi connectivity index (χ2n) is 3.35. The number of nitrogens with two attached hydrogens (primary N) is 1. The first-order valence-corrected chi connectivity index (χ1v) is 5.40. The summed E-state index contributed by atoms with van der Waals surface area (Å²) in [7, 11) is 1.37. The van der Waals surface area contributed by atoms with Crippen molar-refractivity contribution in [3.05, 3.63) is 22.2 Å². The fraction of sp³-hybridized carbons (Fsp3) is 0.200. The average molecular weight is 284 g/mol. The van der Waals surface area contributed by atoms with Crippen LogP contribution in [-0.2, 0) is 16.0 Å². The Balaban J connectivity index is 2.45. The summed E-state index contributed by atoms with van der Waals surface area (Å²) in [6.07, 6.45) is 0.226. The van der Waals surface area contributed by atoms with Gasteiger partial charge >= 0.3 is 5.97 Å². The number of hydrogen-bond acceptors (Lipinski definition) is 4. The molecular formula is C10H10BrN3O2. The Morgan fingerprint density at radius 2 is 2.38 bits per heavy atom. The SMILES string of the molecule is COC(=O)Cc1cc(Br)c2nc(N)[nH]c2c1. The highest BCUT2D eigenvalue weighted by atomic mass is 79.9. The molecule has 0 aliphatic heterocycles. The molecule has 0 spiro atoms.